The molecule has 1 fully saturated rings. The van der Waals surface area contributed by atoms with Crippen LogP contribution >= 0.6 is 12.2 Å². The number of aryl methyl sites for hydroxylation is 1. The Morgan fingerprint density at radius 3 is 2.23 bits per heavy atom. The van der Waals surface area contributed by atoms with Crippen LogP contribution in [0.25, 0.3) is 11.1 Å². The van der Waals surface area contributed by atoms with E-state index in [1.54, 1.807) is 0 Å². The van der Waals surface area contributed by atoms with E-state index in [0.29, 0.717) is 0 Å². The maximum atomic E-state index is 4.68. The molecule has 0 spiro atoms. The molecule has 0 aromatic heterocycles. The molecule has 1 saturated carbocycles. The van der Waals surface area contributed by atoms with E-state index in [1.807, 2.05) is 12.1 Å². The number of benzene rings is 2. The van der Waals surface area contributed by atoms with Crippen molar-refractivity contribution in [2.75, 3.05) is 0 Å². The van der Waals surface area contributed by atoms with Crippen LogP contribution in [0.2, 0.25) is 0 Å². The third-order valence-electron chi connectivity index (χ3n) is 5.86. The second-order valence-corrected chi connectivity index (χ2v) is 7.80. The third-order valence-corrected chi connectivity index (χ3v) is 5.95. The number of hydrogen-bond acceptors (Lipinski definition) is 2. The lowest BCUT2D eigenvalue weighted by atomic mass is 9.78. The zero-order valence-electron chi connectivity index (χ0n) is 15.8. The van der Waals surface area contributed by atoms with Gasteiger partial charge in [-0.25, -0.2) is 0 Å². The van der Waals surface area contributed by atoms with Gasteiger partial charge in [-0.3, -0.25) is 0 Å². The number of aliphatic imine (C=N–C) groups is 1. The van der Waals surface area contributed by atoms with Gasteiger partial charge in [0, 0.05) is 0 Å². The number of rotatable bonds is 7. The molecular formula is C24H29NS. The van der Waals surface area contributed by atoms with Gasteiger partial charge in [-0.15, -0.1) is 0 Å². The van der Waals surface area contributed by atoms with Crippen LogP contribution in [0, 0.1) is 11.8 Å². The molecule has 0 N–H and O–H groups in total. The van der Waals surface area contributed by atoms with Crippen LogP contribution in [0.3, 0.4) is 0 Å². The average Bonchev–Trinajstić information content (AvgIpc) is 2.69. The van der Waals surface area contributed by atoms with Crippen LogP contribution in [-0.4, -0.2) is 5.16 Å². The lowest BCUT2D eigenvalue weighted by molar-refractivity contribution is 0.252. The van der Waals surface area contributed by atoms with E-state index in [9.17, 15) is 0 Å². The van der Waals surface area contributed by atoms with Gasteiger partial charge in [-0.2, -0.15) is 4.99 Å². The molecule has 0 aliphatic heterocycles. The smallest absolute Gasteiger partial charge is 0.0739 e. The number of nitrogens with zero attached hydrogens (tertiary/aromatic N) is 1. The normalized spacial score (nSPS) is 19.7. The second kappa shape index (κ2) is 9.80. The highest BCUT2D eigenvalue weighted by atomic mass is 32.1. The Labute approximate surface area is 163 Å². The van der Waals surface area contributed by atoms with E-state index in [1.165, 1.54) is 68.1 Å². The summed E-state index contributed by atoms with van der Waals surface area (Å²) < 4.78 is 0. The van der Waals surface area contributed by atoms with E-state index in [-0.39, 0.29) is 0 Å². The van der Waals surface area contributed by atoms with Crippen molar-refractivity contribution in [1.29, 1.82) is 0 Å². The quantitative estimate of drug-likeness (QED) is 0.364. The summed E-state index contributed by atoms with van der Waals surface area (Å²) in [5, 5.41) is 2.43. The van der Waals surface area contributed by atoms with Crippen molar-refractivity contribution in [2.45, 2.75) is 58.3 Å². The van der Waals surface area contributed by atoms with Gasteiger partial charge in [0.25, 0.3) is 0 Å². The molecule has 0 atom stereocenters. The molecule has 2 aromatic rings. The molecule has 136 valence electrons. The number of thiocarbonyl (C=S) groups is 1. The van der Waals surface area contributed by atoms with Crippen molar-refractivity contribution in [1.82, 2.24) is 0 Å². The molecule has 0 heterocycles. The van der Waals surface area contributed by atoms with Crippen LogP contribution in [-0.2, 0) is 6.42 Å². The van der Waals surface area contributed by atoms with Crippen LogP contribution in [0.15, 0.2) is 53.5 Å². The predicted octanol–water partition coefficient (Wildman–Crippen LogP) is 7.63. The summed E-state index contributed by atoms with van der Waals surface area (Å²) in [6.45, 7) is 2.32. The predicted molar refractivity (Wildman–Crippen MR) is 115 cm³/mol. The second-order valence-electron chi connectivity index (χ2n) is 7.62. The summed E-state index contributed by atoms with van der Waals surface area (Å²) >= 11 is 4.68. The highest BCUT2D eigenvalue weighted by Gasteiger charge is 2.20. The van der Waals surface area contributed by atoms with Crippen molar-refractivity contribution in [3.63, 3.8) is 0 Å². The number of isothiocyanates is 1. The van der Waals surface area contributed by atoms with Crippen molar-refractivity contribution < 1.29 is 0 Å². The molecule has 2 aromatic carbocycles. The van der Waals surface area contributed by atoms with Crippen molar-refractivity contribution in [3.8, 4) is 11.1 Å². The Bertz CT molecular complexity index is 735. The molecule has 0 unspecified atom stereocenters. The minimum absolute atomic E-state index is 0.866. The topological polar surface area (TPSA) is 12.4 Å². The van der Waals surface area contributed by atoms with Gasteiger partial charge in [-0.05, 0) is 65.7 Å². The SMILES string of the molecule is CCC[C@H]1CC[C@H](CCc2ccccc2-c2ccc(N=C=S)cc2)CC1. The van der Waals surface area contributed by atoms with E-state index >= 15 is 0 Å². The molecular weight excluding hydrogens is 334 g/mol. The Morgan fingerprint density at radius 2 is 1.58 bits per heavy atom. The fourth-order valence-electron chi connectivity index (χ4n) is 4.36. The maximum Gasteiger partial charge on any atom is 0.0739 e. The first-order valence-electron chi connectivity index (χ1n) is 10.1. The van der Waals surface area contributed by atoms with Crippen LogP contribution in [0.4, 0.5) is 5.69 Å². The first-order valence-corrected chi connectivity index (χ1v) is 10.5. The van der Waals surface area contributed by atoms with Crippen LogP contribution < -0.4 is 0 Å². The Morgan fingerprint density at radius 1 is 0.923 bits per heavy atom. The third kappa shape index (κ3) is 5.13. The summed E-state index contributed by atoms with van der Waals surface area (Å²) in [6, 6.07) is 17.1. The summed E-state index contributed by atoms with van der Waals surface area (Å²) in [4.78, 5) is 4.05. The van der Waals surface area contributed by atoms with Crippen LogP contribution in [0.1, 0.15) is 57.4 Å². The molecule has 1 nitrogen and oxygen atoms in total. The molecule has 2 heteroatoms. The first kappa shape index (κ1) is 19.0. The standard InChI is InChI=1S/C24H29NS/c1-2-5-19-8-10-20(11-9-19)12-13-21-6-3-4-7-24(21)22-14-16-23(17-15-22)25-18-26/h3-4,6-7,14-17,19-20H,2,5,8-13H2,1H3/t19-,20-. The zero-order chi connectivity index (χ0) is 18.2. The molecule has 0 saturated heterocycles. The monoisotopic (exact) mass is 363 g/mol. The summed E-state index contributed by atoms with van der Waals surface area (Å²) in [7, 11) is 0. The fourth-order valence-corrected chi connectivity index (χ4v) is 4.47. The lowest BCUT2D eigenvalue weighted by Gasteiger charge is -2.28. The van der Waals surface area contributed by atoms with Gasteiger partial charge < -0.3 is 0 Å². The van der Waals surface area contributed by atoms with Crippen molar-refractivity contribution >= 4 is 23.1 Å². The number of hydrogen-bond donors (Lipinski definition) is 0. The van der Waals surface area contributed by atoms with Crippen LogP contribution in [0.5, 0.6) is 0 Å². The van der Waals surface area contributed by atoms with Crippen molar-refractivity contribution in [2.24, 2.45) is 16.8 Å². The Balaban J connectivity index is 1.63. The fraction of sp³-hybridized carbons (Fsp3) is 0.458. The summed E-state index contributed by atoms with van der Waals surface area (Å²) in [5.74, 6) is 1.91. The average molecular weight is 364 g/mol. The lowest BCUT2D eigenvalue weighted by Crippen LogP contribution is -2.15. The minimum Gasteiger partial charge on any atom is -0.195 e. The van der Waals surface area contributed by atoms with E-state index < -0.39 is 0 Å². The molecule has 0 amide bonds. The molecule has 0 radical (unpaired) electrons. The van der Waals surface area contributed by atoms with Gasteiger partial charge in [-0.1, -0.05) is 81.8 Å². The van der Waals surface area contributed by atoms with Gasteiger partial charge >= 0.3 is 0 Å². The maximum absolute atomic E-state index is 4.68. The first-order chi connectivity index (χ1) is 12.8. The van der Waals surface area contributed by atoms with Gasteiger partial charge in [0.05, 0.1) is 10.8 Å². The van der Waals surface area contributed by atoms with Crippen molar-refractivity contribution in [3.05, 3.63) is 54.1 Å². The highest BCUT2D eigenvalue weighted by molar-refractivity contribution is 7.78. The van der Waals surface area contributed by atoms with E-state index in [0.717, 1.165) is 17.5 Å². The highest BCUT2D eigenvalue weighted by Crippen LogP contribution is 2.35. The molecule has 26 heavy (non-hydrogen) atoms. The summed E-state index contributed by atoms with van der Waals surface area (Å²) in [6.07, 6.45) is 11.0. The summed E-state index contributed by atoms with van der Waals surface area (Å²) in [5.41, 5.74) is 4.94. The zero-order valence-corrected chi connectivity index (χ0v) is 16.6. The molecule has 3 rings (SSSR count). The Hall–Kier alpha value is -1.76. The Kier molecular flexibility index (Phi) is 7.17. The molecule has 0 bridgehead atoms. The molecule has 1 aliphatic carbocycles. The molecule has 1 aliphatic rings. The van der Waals surface area contributed by atoms with E-state index in [4.69, 9.17) is 0 Å². The van der Waals surface area contributed by atoms with Gasteiger partial charge in [0.1, 0.15) is 0 Å². The minimum atomic E-state index is 0.866. The van der Waals surface area contributed by atoms with E-state index in [2.05, 4.69) is 65.7 Å². The van der Waals surface area contributed by atoms with Gasteiger partial charge in [0.2, 0.25) is 0 Å². The largest absolute Gasteiger partial charge is 0.195 e. The van der Waals surface area contributed by atoms with Gasteiger partial charge in [0.15, 0.2) is 0 Å².